The summed E-state index contributed by atoms with van der Waals surface area (Å²) in [6.45, 7) is 17.2. The molecule has 0 saturated heterocycles. The van der Waals surface area contributed by atoms with Crippen LogP contribution in [-0.4, -0.2) is 88.3 Å². The quantitative estimate of drug-likeness (QED) is 0.214. The van der Waals surface area contributed by atoms with Gasteiger partial charge in [-0.1, -0.05) is 62.3 Å². The largest absolute Gasteiger partial charge is 3.00 e. The SMILES string of the molecule is CC(=O)C(C)C(=O)[O-].CC(=O)C(C)C(=O)[O-].CC(=O)C(C)C(=O)[O-].CC(C)[O-].CC(C)[O-].CC(C)[O-].[Al+3].[Al+3]. The molecule has 0 fully saturated rings. The molecule has 216 valence electrons. The minimum Gasteiger partial charge on any atom is -0.852 e. The van der Waals surface area contributed by atoms with E-state index in [4.69, 9.17) is 0 Å². The van der Waals surface area contributed by atoms with Gasteiger partial charge in [-0.05, 0) is 20.8 Å². The molecule has 0 spiro atoms. The van der Waals surface area contributed by atoms with Gasteiger partial charge in [0.1, 0.15) is 17.3 Å². The monoisotopic (exact) mass is 576 g/mol. The topological polar surface area (TPSA) is 241 Å². The van der Waals surface area contributed by atoms with Gasteiger partial charge in [-0.15, -0.1) is 18.3 Å². The predicted molar refractivity (Wildman–Crippen MR) is 131 cm³/mol. The zero-order valence-electron chi connectivity index (χ0n) is 24.5. The van der Waals surface area contributed by atoms with Gasteiger partial charge in [-0.3, -0.25) is 14.4 Å². The normalized spacial score (nSPS) is 10.9. The molecule has 0 amide bonds. The molecule has 3 atom stereocenters. The molecule has 12 nitrogen and oxygen atoms in total. The molecule has 0 rings (SSSR count). The Labute approximate surface area is 248 Å². The van der Waals surface area contributed by atoms with Crippen LogP contribution in [0.15, 0.2) is 0 Å². The van der Waals surface area contributed by atoms with E-state index in [0.29, 0.717) is 0 Å². The number of aliphatic carboxylic acids is 3. The second-order valence-electron chi connectivity index (χ2n) is 8.10. The summed E-state index contributed by atoms with van der Waals surface area (Å²) in [5, 5.41) is 58.0. The summed E-state index contributed by atoms with van der Waals surface area (Å²) >= 11 is 0. The van der Waals surface area contributed by atoms with E-state index in [9.17, 15) is 59.4 Å². The first-order valence-corrected chi connectivity index (χ1v) is 11.0. The maximum atomic E-state index is 10.2. The third kappa shape index (κ3) is 76.5. The Balaban J connectivity index is -0.0000000482. The predicted octanol–water partition coefficient (Wildman–Crippen LogP) is -4.61. The summed E-state index contributed by atoms with van der Waals surface area (Å²) in [4.78, 5) is 59.9. The second kappa shape index (κ2) is 35.4. The summed E-state index contributed by atoms with van der Waals surface area (Å²) in [6, 6.07) is 0. The number of carboxylic acid groups (broad SMARTS) is 3. The molecule has 0 saturated carbocycles. The van der Waals surface area contributed by atoms with Gasteiger partial charge in [-0.25, -0.2) is 0 Å². The van der Waals surface area contributed by atoms with Gasteiger partial charge in [0.15, 0.2) is 0 Å². The first-order chi connectivity index (χ1) is 15.9. The van der Waals surface area contributed by atoms with Gasteiger partial charge in [0, 0.05) is 0 Å². The number of carbonyl (C=O) groups excluding carboxylic acids is 6. The third-order valence-corrected chi connectivity index (χ3v) is 2.89. The maximum absolute atomic E-state index is 10.2. The van der Waals surface area contributed by atoms with Crippen molar-refractivity contribution in [2.45, 2.75) is 101 Å². The van der Waals surface area contributed by atoms with E-state index in [1.807, 2.05) is 0 Å². The Hall–Kier alpha value is -1.64. The Bertz CT molecular complexity index is 500. The van der Waals surface area contributed by atoms with E-state index in [1.54, 1.807) is 41.5 Å². The Morgan fingerprint density at radius 2 is 0.474 bits per heavy atom. The van der Waals surface area contributed by atoms with Crippen molar-refractivity contribution < 1.29 is 59.4 Å². The van der Waals surface area contributed by atoms with Crippen molar-refractivity contribution in [3.8, 4) is 0 Å². The van der Waals surface area contributed by atoms with Crippen LogP contribution in [0.4, 0.5) is 0 Å². The first-order valence-electron chi connectivity index (χ1n) is 11.0. The van der Waals surface area contributed by atoms with Crippen LogP contribution >= 0.6 is 0 Å². The molecular weight excluding hydrogens is 534 g/mol. The van der Waals surface area contributed by atoms with Crippen LogP contribution in [-0.2, 0) is 28.8 Å². The number of carboxylic acids is 3. The van der Waals surface area contributed by atoms with Crippen molar-refractivity contribution >= 4 is 70.0 Å². The van der Waals surface area contributed by atoms with Gasteiger partial charge in [0.2, 0.25) is 0 Å². The smallest absolute Gasteiger partial charge is 0.852 e. The third-order valence-electron chi connectivity index (χ3n) is 2.89. The van der Waals surface area contributed by atoms with Crippen LogP contribution in [0.2, 0.25) is 0 Å². The van der Waals surface area contributed by atoms with Gasteiger partial charge in [-0.2, -0.15) is 0 Å². The number of hydrogen-bond donors (Lipinski definition) is 0. The number of Topliss-reactive ketones (excluding diaryl/α,β-unsaturated/α-hetero) is 3. The zero-order valence-corrected chi connectivity index (χ0v) is 26.8. The van der Waals surface area contributed by atoms with Crippen molar-refractivity contribution in [2.75, 3.05) is 0 Å². The summed E-state index contributed by atoms with van der Waals surface area (Å²) in [6.07, 6.45) is -1.25. The average molecular weight is 577 g/mol. The van der Waals surface area contributed by atoms with Crippen molar-refractivity contribution in [2.24, 2.45) is 17.8 Å². The number of ketones is 3. The molecule has 14 heteroatoms. The van der Waals surface area contributed by atoms with Crippen LogP contribution in [0.5, 0.6) is 0 Å². The van der Waals surface area contributed by atoms with Crippen molar-refractivity contribution in [3.05, 3.63) is 0 Å². The standard InChI is InChI=1S/3C5H8O3.3C3H7O.2Al/c3*1-3(4(2)6)5(7)8;3*1-3(2)4;;/h3*3H,1-2H3,(H,7,8);3*3H,1-2H3;;/q;;;3*-1;2*+3/p-3. The van der Waals surface area contributed by atoms with E-state index in [1.165, 1.54) is 41.5 Å². The molecule has 0 aliphatic carbocycles. The van der Waals surface area contributed by atoms with Gasteiger partial charge >= 0.3 is 34.7 Å². The average Bonchev–Trinajstić information content (AvgIpc) is 2.65. The van der Waals surface area contributed by atoms with Crippen LogP contribution < -0.4 is 30.6 Å². The molecule has 0 aromatic rings. The van der Waals surface area contributed by atoms with Gasteiger partial charge in [0.05, 0.1) is 35.7 Å². The van der Waals surface area contributed by atoms with Crippen molar-refractivity contribution in [1.29, 1.82) is 0 Å². The minimum absolute atomic E-state index is 0. The zero-order chi connectivity index (χ0) is 30.9. The summed E-state index contributed by atoms with van der Waals surface area (Å²) < 4.78 is 0. The Kier molecular flexibility index (Phi) is 52.6. The van der Waals surface area contributed by atoms with Gasteiger partial charge in [0.25, 0.3) is 0 Å². The fraction of sp³-hybridized carbons (Fsp3) is 0.750. The molecule has 0 aliphatic heterocycles. The summed E-state index contributed by atoms with van der Waals surface area (Å²) in [5.74, 6) is -7.92. The number of hydrogen-bond acceptors (Lipinski definition) is 12. The van der Waals surface area contributed by atoms with Crippen LogP contribution in [0.1, 0.15) is 83.1 Å². The minimum atomic E-state index is -1.31. The Morgan fingerprint density at radius 1 is 0.395 bits per heavy atom. The second-order valence-corrected chi connectivity index (χ2v) is 8.10. The molecule has 0 aromatic carbocycles. The molecule has 0 radical (unpaired) electrons. The van der Waals surface area contributed by atoms with Gasteiger partial charge < -0.3 is 45.0 Å². The molecule has 38 heavy (non-hydrogen) atoms. The molecule has 0 bridgehead atoms. The van der Waals surface area contributed by atoms with E-state index >= 15 is 0 Å². The fourth-order valence-electron chi connectivity index (χ4n) is 0.498. The van der Waals surface area contributed by atoms with Crippen LogP contribution in [0.3, 0.4) is 0 Å². The van der Waals surface area contributed by atoms with Crippen LogP contribution in [0.25, 0.3) is 0 Å². The molecule has 0 aromatic heterocycles. The van der Waals surface area contributed by atoms with Crippen molar-refractivity contribution in [1.82, 2.24) is 0 Å². The molecule has 0 aliphatic rings. The van der Waals surface area contributed by atoms with E-state index < -0.39 is 54.0 Å². The fourth-order valence-corrected chi connectivity index (χ4v) is 0.498. The summed E-state index contributed by atoms with van der Waals surface area (Å²) in [5.41, 5.74) is 0. The van der Waals surface area contributed by atoms with E-state index in [2.05, 4.69) is 0 Å². The first kappa shape index (κ1) is 56.5. The number of carbonyl (C=O) groups is 6. The van der Waals surface area contributed by atoms with Crippen molar-refractivity contribution in [3.63, 3.8) is 0 Å². The van der Waals surface area contributed by atoms with Crippen LogP contribution in [0, 0.1) is 17.8 Å². The summed E-state index contributed by atoms with van der Waals surface area (Å²) in [7, 11) is 0. The van der Waals surface area contributed by atoms with E-state index in [-0.39, 0.29) is 52.1 Å². The Morgan fingerprint density at radius 3 is 0.474 bits per heavy atom. The molecule has 0 heterocycles. The molecular formula is C24H42Al2O12. The number of rotatable bonds is 6. The van der Waals surface area contributed by atoms with E-state index in [0.717, 1.165) is 0 Å². The molecule has 0 N–H and O–H groups in total. The maximum Gasteiger partial charge on any atom is 3.00 e. The molecule has 3 unspecified atom stereocenters.